The number of anilines is 2. The number of aromatic nitrogens is 2. The van der Waals surface area contributed by atoms with Crippen molar-refractivity contribution in [2.45, 2.75) is 0 Å². The zero-order chi connectivity index (χ0) is 12.5. The summed E-state index contributed by atoms with van der Waals surface area (Å²) in [5.74, 6) is -0.215. The lowest BCUT2D eigenvalue weighted by atomic mass is 10.3. The highest BCUT2D eigenvalue weighted by Crippen LogP contribution is 2.26. The summed E-state index contributed by atoms with van der Waals surface area (Å²) in [7, 11) is 0. The maximum atomic E-state index is 11.8. The van der Waals surface area contributed by atoms with Crippen LogP contribution < -0.4 is 11.1 Å². The van der Waals surface area contributed by atoms with E-state index in [1.807, 2.05) is 12.1 Å². The molecular formula is C11H8N4OS2. The molecule has 0 atom stereocenters. The molecule has 0 saturated carbocycles. The van der Waals surface area contributed by atoms with Crippen LogP contribution >= 0.6 is 22.7 Å². The van der Waals surface area contributed by atoms with Gasteiger partial charge in [-0.3, -0.25) is 4.79 Å². The molecule has 2 aromatic heterocycles. The quantitative estimate of drug-likeness (QED) is 0.753. The van der Waals surface area contributed by atoms with Crippen molar-refractivity contribution in [3.05, 3.63) is 34.8 Å². The first-order chi connectivity index (χ1) is 8.72. The fourth-order valence-corrected chi connectivity index (χ4v) is 2.85. The standard InChI is InChI=1S/C11H8N4OS2/c12-11-15-7-2-1-6(3-9(7)18-11)14-10(16)8-4-17-5-13-8/h1-5H,(H2,12,15)(H,14,16). The number of benzene rings is 1. The zero-order valence-corrected chi connectivity index (χ0v) is 10.7. The lowest BCUT2D eigenvalue weighted by Gasteiger charge is -2.02. The Balaban J connectivity index is 1.88. The second-order valence-electron chi connectivity index (χ2n) is 3.56. The van der Waals surface area contributed by atoms with Gasteiger partial charge in [0.2, 0.25) is 0 Å². The average molecular weight is 276 g/mol. The summed E-state index contributed by atoms with van der Waals surface area (Å²) in [6.07, 6.45) is 0. The largest absolute Gasteiger partial charge is 0.375 e. The highest BCUT2D eigenvalue weighted by Gasteiger charge is 2.09. The Kier molecular flexibility index (Phi) is 2.69. The number of rotatable bonds is 2. The topological polar surface area (TPSA) is 80.9 Å². The van der Waals surface area contributed by atoms with E-state index in [9.17, 15) is 4.79 Å². The van der Waals surface area contributed by atoms with Gasteiger partial charge < -0.3 is 11.1 Å². The first-order valence-electron chi connectivity index (χ1n) is 5.08. The van der Waals surface area contributed by atoms with Gasteiger partial charge in [0, 0.05) is 11.1 Å². The Morgan fingerprint density at radius 3 is 3.06 bits per heavy atom. The van der Waals surface area contributed by atoms with E-state index < -0.39 is 0 Å². The van der Waals surface area contributed by atoms with E-state index in [0.29, 0.717) is 16.5 Å². The van der Waals surface area contributed by atoms with Crippen LogP contribution in [0.15, 0.2) is 29.1 Å². The number of nitrogen functional groups attached to an aromatic ring is 1. The second-order valence-corrected chi connectivity index (χ2v) is 5.34. The van der Waals surface area contributed by atoms with Crippen molar-refractivity contribution in [2.24, 2.45) is 0 Å². The molecule has 0 radical (unpaired) electrons. The molecule has 3 N–H and O–H groups in total. The van der Waals surface area contributed by atoms with Crippen LogP contribution in [0.4, 0.5) is 10.8 Å². The Morgan fingerprint density at radius 1 is 1.39 bits per heavy atom. The Bertz CT molecular complexity index is 705. The van der Waals surface area contributed by atoms with Gasteiger partial charge in [-0.25, -0.2) is 9.97 Å². The maximum absolute atomic E-state index is 11.8. The van der Waals surface area contributed by atoms with E-state index in [1.54, 1.807) is 17.0 Å². The Hall–Kier alpha value is -1.99. The molecule has 0 bridgehead atoms. The van der Waals surface area contributed by atoms with Crippen LogP contribution in [-0.4, -0.2) is 15.9 Å². The number of amides is 1. The molecule has 0 aliphatic carbocycles. The summed E-state index contributed by atoms with van der Waals surface area (Å²) in [5, 5.41) is 5.02. The molecule has 0 saturated heterocycles. The van der Waals surface area contributed by atoms with Crippen LogP contribution in [0, 0.1) is 0 Å². The van der Waals surface area contributed by atoms with Gasteiger partial charge in [-0.15, -0.1) is 11.3 Å². The first-order valence-corrected chi connectivity index (χ1v) is 6.84. The molecule has 0 spiro atoms. The van der Waals surface area contributed by atoms with Gasteiger partial charge >= 0.3 is 0 Å². The summed E-state index contributed by atoms with van der Waals surface area (Å²) >= 11 is 2.78. The van der Waals surface area contributed by atoms with E-state index in [1.165, 1.54) is 22.7 Å². The Morgan fingerprint density at radius 2 is 2.28 bits per heavy atom. The van der Waals surface area contributed by atoms with Crippen molar-refractivity contribution < 1.29 is 4.79 Å². The first kappa shape index (κ1) is 11.1. The molecule has 90 valence electrons. The van der Waals surface area contributed by atoms with E-state index in [4.69, 9.17) is 5.73 Å². The van der Waals surface area contributed by atoms with Gasteiger partial charge in [0.05, 0.1) is 15.7 Å². The number of hydrogen-bond acceptors (Lipinski definition) is 6. The zero-order valence-electron chi connectivity index (χ0n) is 9.08. The highest BCUT2D eigenvalue weighted by molar-refractivity contribution is 7.22. The van der Waals surface area contributed by atoms with Gasteiger partial charge in [0.15, 0.2) is 5.13 Å². The molecular weight excluding hydrogens is 268 g/mol. The molecule has 3 rings (SSSR count). The summed E-state index contributed by atoms with van der Waals surface area (Å²) in [6, 6.07) is 5.48. The van der Waals surface area contributed by atoms with Gasteiger partial charge in [0.1, 0.15) is 5.69 Å². The van der Waals surface area contributed by atoms with Crippen molar-refractivity contribution in [3.8, 4) is 0 Å². The third-order valence-corrected chi connectivity index (χ3v) is 3.76. The molecule has 5 nitrogen and oxygen atoms in total. The monoisotopic (exact) mass is 276 g/mol. The smallest absolute Gasteiger partial charge is 0.275 e. The Labute approximate surface area is 110 Å². The van der Waals surface area contributed by atoms with Gasteiger partial charge in [0.25, 0.3) is 5.91 Å². The van der Waals surface area contributed by atoms with E-state index in [2.05, 4.69) is 15.3 Å². The second kappa shape index (κ2) is 4.35. The molecule has 0 aliphatic heterocycles. The van der Waals surface area contributed by atoms with Crippen LogP contribution in [0.5, 0.6) is 0 Å². The number of nitrogens with zero attached hydrogens (tertiary/aromatic N) is 2. The highest BCUT2D eigenvalue weighted by atomic mass is 32.1. The third-order valence-electron chi connectivity index (χ3n) is 2.33. The van der Waals surface area contributed by atoms with E-state index >= 15 is 0 Å². The van der Waals surface area contributed by atoms with Gasteiger partial charge in [-0.1, -0.05) is 11.3 Å². The number of carbonyl (C=O) groups excluding carboxylic acids is 1. The van der Waals surface area contributed by atoms with Crippen molar-refractivity contribution in [2.75, 3.05) is 11.1 Å². The molecule has 0 unspecified atom stereocenters. The van der Waals surface area contributed by atoms with Crippen LogP contribution in [0.25, 0.3) is 10.2 Å². The number of nitrogens with one attached hydrogen (secondary N) is 1. The molecule has 2 heterocycles. The normalized spacial score (nSPS) is 10.7. The van der Waals surface area contributed by atoms with Gasteiger partial charge in [-0.2, -0.15) is 0 Å². The number of fused-ring (bicyclic) bond motifs is 1. The van der Waals surface area contributed by atoms with Crippen molar-refractivity contribution in [3.63, 3.8) is 0 Å². The van der Waals surface area contributed by atoms with Crippen molar-refractivity contribution >= 4 is 49.6 Å². The minimum Gasteiger partial charge on any atom is -0.375 e. The predicted molar refractivity (Wildman–Crippen MR) is 74.1 cm³/mol. The molecule has 18 heavy (non-hydrogen) atoms. The number of nitrogens with two attached hydrogens (primary N) is 1. The average Bonchev–Trinajstić information content (AvgIpc) is 2.95. The van der Waals surface area contributed by atoms with E-state index in [-0.39, 0.29) is 5.91 Å². The molecule has 1 amide bonds. The molecule has 0 aliphatic rings. The fourth-order valence-electron chi connectivity index (χ4n) is 1.54. The van der Waals surface area contributed by atoms with Gasteiger partial charge in [-0.05, 0) is 18.2 Å². The fraction of sp³-hybridized carbons (Fsp3) is 0. The van der Waals surface area contributed by atoms with E-state index in [0.717, 1.165) is 10.2 Å². The maximum Gasteiger partial charge on any atom is 0.275 e. The van der Waals surface area contributed by atoms with Crippen LogP contribution in [-0.2, 0) is 0 Å². The lowest BCUT2D eigenvalue weighted by molar-refractivity contribution is 0.102. The van der Waals surface area contributed by atoms with Crippen LogP contribution in [0.1, 0.15) is 10.5 Å². The molecule has 0 fully saturated rings. The summed E-state index contributed by atoms with van der Waals surface area (Å²) in [6.45, 7) is 0. The lowest BCUT2D eigenvalue weighted by Crippen LogP contribution is -2.11. The summed E-state index contributed by atoms with van der Waals surface area (Å²) in [4.78, 5) is 19.9. The minimum atomic E-state index is -0.215. The summed E-state index contributed by atoms with van der Waals surface area (Å²) in [5.41, 5.74) is 9.23. The van der Waals surface area contributed by atoms with Crippen LogP contribution in [0.3, 0.4) is 0 Å². The van der Waals surface area contributed by atoms with Crippen LogP contribution in [0.2, 0.25) is 0 Å². The molecule has 7 heteroatoms. The molecule has 3 aromatic rings. The SMILES string of the molecule is Nc1nc2ccc(NC(=O)c3cscn3)cc2s1. The number of thiazole rings is 2. The predicted octanol–water partition coefficient (Wildman–Crippen LogP) is 2.59. The third kappa shape index (κ3) is 2.05. The minimum absolute atomic E-state index is 0.215. The number of carbonyl (C=O) groups is 1. The van der Waals surface area contributed by atoms with Crippen molar-refractivity contribution in [1.82, 2.24) is 9.97 Å². The van der Waals surface area contributed by atoms with Crippen molar-refractivity contribution in [1.29, 1.82) is 0 Å². The molecule has 1 aromatic carbocycles. The summed E-state index contributed by atoms with van der Waals surface area (Å²) < 4.78 is 0.948. The number of hydrogen-bond donors (Lipinski definition) is 2.